The highest BCUT2D eigenvalue weighted by molar-refractivity contribution is 5.88. The molecule has 9 nitrogen and oxygen atoms in total. The molecule has 166 valence electrons. The average Bonchev–Trinajstić information content (AvgIpc) is 3.37. The summed E-state index contributed by atoms with van der Waals surface area (Å²) in [6.45, 7) is 3.59. The molecule has 0 bridgehead atoms. The normalized spacial score (nSPS) is 15.5. The van der Waals surface area contributed by atoms with E-state index in [2.05, 4.69) is 20.1 Å². The first kappa shape index (κ1) is 20.4. The Morgan fingerprint density at radius 3 is 2.69 bits per heavy atom. The van der Waals surface area contributed by atoms with Gasteiger partial charge in [-0.1, -0.05) is 12.1 Å². The van der Waals surface area contributed by atoms with Crippen LogP contribution < -0.4 is 5.32 Å². The number of fused-ring (bicyclic) bond motifs is 1. The second kappa shape index (κ2) is 8.22. The number of carbonyl (C=O) groups is 2. The third-order valence-corrected chi connectivity index (χ3v) is 6.20. The van der Waals surface area contributed by atoms with Crippen LogP contribution in [0.15, 0.2) is 30.6 Å². The summed E-state index contributed by atoms with van der Waals surface area (Å²) in [5, 5.41) is 16.0. The highest BCUT2D eigenvalue weighted by Gasteiger charge is 2.30. The number of aryl methyl sites for hydroxylation is 1. The lowest BCUT2D eigenvalue weighted by atomic mass is 10.0. The van der Waals surface area contributed by atoms with E-state index in [0.29, 0.717) is 25.4 Å². The van der Waals surface area contributed by atoms with Gasteiger partial charge in [0.2, 0.25) is 11.8 Å². The molecular weight excluding hydrogens is 406 g/mol. The van der Waals surface area contributed by atoms with Crippen LogP contribution in [0.1, 0.15) is 36.6 Å². The van der Waals surface area contributed by atoms with Gasteiger partial charge in [0.15, 0.2) is 5.82 Å². The summed E-state index contributed by atoms with van der Waals surface area (Å²) < 4.78 is 4.01. The Bertz CT molecular complexity index is 1160. The van der Waals surface area contributed by atoms with E-state index in [4.69, 9.17) is 5.10 Å². The number of nitrogens with one attached hydrogen (secondary N) is 1. The van der Waals surface area contributed by atoms with Gasteiger partial charge in [-0.15, -0.1) is 10.2 Å². The molecule has 1 aliphatic carbocycles. The lowest BCUT2D eigenvalue weighted by Crippen LogP contribution is -2.37. The van der Waals surface area contributed by atoms with Gasteiger partial charge in [0.05, 0.1) is 6.42 Å². The summed E-state index contributed by atoms with van der Waals surface area (Å²) >= 11 is 0. The van der Waals surface area contributed by atoms with Crippen molar-refractivity contribution in [1.82, 2.24) is 29.4 Å². The molecule has 1 aliphatic heterocycles. The van der Waals surface area contributed by atoms with Crippen molar-refractivity contribution in [1.29, 1.82) is 0 Å². The molecule has 3 aromatic rings. The molecule has 1 fully saturated rings. The Morgan fingerprint density at radius 2 is 1.97 bits per heavy atom. The summed E-state index contributed by atoms with van der Waals surface area (Å²) in [5.41, 5.74) is 4.71. The van der Waals surface area contributed by atoms with Crippen molar-refractivity contribution in [3.05, 3.63) is 47.4 Å². The molecule has 9 heteroatoms. The smallest absolute Gasteiger partial charge is 0.227 e. The van der Waals surface area contributed by atoms with E-state index in [-0.39, 0.29) is 11.8 Å². The van der Waals surface area contributed by atoms with Gasteiger partial charge < -0.3 is 14.8 Å². The van der Waals surface area contributed by atoms with Crippen molar-refractivity contribution in [3.8, 4) is 11.5 Å². The fourth-order valence-corrected chi connectivity index (χ4v) is 4.33. The van der Waals surface area contributed by atoms with Crippen LogP contribution in [0.4, 0.5) is 5.69 Å². The second-order valence-electron chi connectivity index (χ2n) is 8.77. The summed E-state index contributed by atoms with van der Waals surface area (Å²) in [6.07, 6.45) is 5.38. The lowest BCUT2D eigenvalue weighted by Gasteiger charge is -2.28. The van der Waals surface area contributed by atoms with Crippen molar-refractivity contribution >= 4 is 17.5 Å². The Kier molecular flexibility index (Phi) is 5.24. The number of hydrogen-bond acceptors (Lipinski definition) is 5. The van der Waals surface area contributed by atoms with Crippen LogP contribution in [-0.4, -0.2) is 47.8 Å². The first-order chi connectivity index (χ1) is 15.5. The fourth-order valence-electron chi connectivity index (χ4n) is 4.33. The van der Waals surface area contributed by atoms with E-state index < -0.39 is 0 Å². The highest BCUT2D eigenvalue weighted by Crippen LogP contribution is 2.33. The minimum absolute atomic E-state index is 0.0807. The molecule has 0 radical (unpaired) electrons. The SMILES string of the molecule is CC(=O)Nc1ccc(CC(=O)N2CCc3c(c(-c4nncn4CC4CC4)nn3C)C2)cc1. The van der Waals surface area contributed by atoms with Crippen molar-refractivity contribution in [2.24, 2.45) is 13.0 Å². The van der Waals surface area contributed by atoms with Gasteiger partial charge in [-0.25, -0.2) is 0 Å². The molecule has 0 unspecified atom stereocenters. The van der Waals surface area contributed by atoms with Gasteiger partial charge in [0.25, 0.3) is 0 Å². The van der Waals surface area contributed by atoms with Crippen LogP contribution in [0.5, 0.6) is 0 Å². The molecule has 0 atom stereocenters. The maximum Gasteiger partial charge on any atom is 0.227 e. The highest BCUT2D eigenvalue weighted by atomic mass is 16.2. The number of anilines is 1. The molecule has 1 aromatic carbocycles. The number of hydrogen-bond donors (Lipinski definition) is 1. The standard InChI is InChI=1S/C23H27N7O2/c1-15(31)25-18-7-5-16(6-8-18)11-21(32)29-10-9-20-19(13-29)22(27-28(20)2)23-26-24-14-30(23)12-17-3-4-17/h5-8,14,17H,3-4,9-13H2,1-2H3,(H,25,31). The van der Waals surface area contributed by atoms with Crippen molar-refractivity contribution < 1.29 is 9.59 Å². The number of carbonyl (C=O) groups excluding carboxylic acids is 2. The number of benzene rings is 1. The lowest BCUT2D eigenvalue weighted by molar-refractivity contribution is -0.131. The summed E-state index contributed by atoms with van der Waals surface area (Å²) in [6, 6.07) is 7.41. The third kappa shape index (κ3) is 4.15. The van der Waals surface area contributed by atoms with Gasteiger partial charge in [-0.2, -0.15) is 5.10 Å². The molecule has 1 N–H and O–H groups in total. The topological polar surface area (TPSA) is 97.9 Å². The van der Waals surface area contributed by atoms with Crippen LogP contribution >= 0.6 is 0 Å². The van der Waals surface area contributed by atoms with Gasteiger partial charge in [-0.3, -0.25) is 14.3 Å². The van der Waals surface area contributed by atoms with Gasteiger partial charge >= 0.3 is 0 Å². The van der Waals surface area contributed by atoms with Crippen molar-refractivity contribution in [2.75, 3.05) is 11.9 Å². The molecule has 0 spiro atoms. The molecule has 32 heavy (non-hydrogen) atoms. The van der Waals surface area contributed by atoms with Crippen LogP contribution in [-0.2, 0) is 42.6 Å². The van der Waals surface area contributed by atoms with Crippen LogP contribution in [0.2, 0.25) is 0 Å². The van der Waals surface area contributed by atoms with Crippen LogP contribution in [0.3, 0.4) is 0 Å². The van der Waals surface area contributed by atoms with Gasteiger partial charge in [-0.05, 0) is 36.5 Å². The Hall–Kier alpha value is -3.49. The maximum absolute atomic E-state index is 13.1. The monoisotopic (exact) mass is 433 g/mol. The largest absolute Gasteiger partial charge is 0.338 e. The van der Waals surface area contributed by atoms with E-state index >= 15 is 0 Å². The van der Waals surface area contributed by atoms with Crippen molar-refractivity contribution in [3.63, 3.8) is 0 Å². The number of rotatable bonds is 6. The van der Waals surface area contributed by atoms with E-state index in [0.717, 1.165) is 47.0 Å². The van der Waals surface area contributed by atoms with E-state index in [1.54, 1.807) is 6.33 Å². The zero-order chi connectivity index (χ0) is 22.2. The molecule has 3 heterocycles. The molecule has 2 aliphatic rings. The van der Waals surface area contributed by atoms with Gasteiger partial charge in [0.1, 0.15) is 12.0 Å². The maximum atomic E-state index is 13.1. The quantitative estimate of drug-likeness (QED) is 0.643. The minimum atomic E-state index is -0.113. The molecule has 1 saturated carbocycles. The minimum Gasteiger partial charge on any atom is -0.338 e. The predicted molar refractivity (Wildman–Crippen MR) is 119 cm³/mol. The Morgan fingerprint density at radius 1 is 1.19 bits per heavy atom. The first-order valence-electron chi connectivity index (χ1n) is 11.0. The average molecular weight is 434 g/mol. The Labute approximate surface area is 186 Å². The third-order valence-electron chi connectivity index (χ3n) is 6.20. The first-order valence-corrected chi connectivity index (χ1v) is 11.0. The van der Waals surface area contributed by atoms with Crippen LogP contribution in [0.25, 0.3) is 11.5 Å². The predicted octanol–water partition coefficient (Wildman–Crippen LogP) is 2.17. The van der Waals surface area contributed by atoms with Crippen LogP contribution in [0, 0.1) is 5.92 Å². The molecule has 0 saturated heterocycles. The van der Waals surface area contributed by atoms with Gasteiger partial charge in [0, 0.05) is 57.0 Å². The molecular formula is C23H27N7O2. The fraction of sp³-hybridized carbons (Fsp3) is 0.435. The summed E-state index contributed by atoms with van der Waals surface area (Å²) in [4.78, 5) is 26.1. The van der Waals surface area contributed by atoms with Crippen molar-refractivity contribution in [2.45, 2.75) is 45.7 Å². The number of nitrogens with zero attached hydrogens (tertiary/aromatic N) is 6. The number of amides is 2. The summed E-state index contributed by atoms with van der Waals surface area (Å²) in [5.74, 6) is 1.46. The zero-order valence-electron chi connectivity index (χ0n) is 18.4. The van der Waals surface area contributed by atoms with E-state index in [1.165, 1.54) is 19.8 Å². The molecule has 2 amide bonds. The zero-order valence-corrected chi connectivity index (χ0v) is 18.4. The second-order valence-corrected chi connectivity index (χ2v) is 8.77. The number of aromatic nitrogens is 5. The van der Waals surface area contributed by atoms with E-state index in [9.17, 15) is 9.59 Å². The molecule has 2 aromatic heterocycles. The Balaban J connectivity index is 1.32. The summed E-state index contributed by atoms with van der Waals surface area (Å²) in [7, 11) is 1.96. The van der Waals surface area contributed by atoms with E-state index in [1.807, 2.05) is 40.9 Å². The molecule has 5 rings (SSSR count).